The van der Waals surface area contributed by atoms with E-state index in [1.165, 1.54) is 5.56 Å². The number of nitrogens with zero attached hydrogens (tertiary/aromatic N) is 2. The topological polar surface area (TPSA) is 44.0 Å². The molecule has 4 nitrogen and oxygen atoms in total. The van der Waals surface area contributed by atoms with E-state index in [2.05, 4.69) is 44.7 Å². The van der Waals surface area contributed by atoms with Crippen LogP contribution in [0.5, 0.6) is 0 Å². The van der Waals surface area contributed by atoms with Crippen LogP contribution in [0.4, 0.5) is 11.5 Å². The molecule has 0 atom stereocenters. The molecule has 0 amide bonds. The molecule has 0 unspecified atom stereocenters. The van der Waals surface area contributed by atoms with Crippen molar-refractivity contribution in [1.82, 2.24) is 10.2 Å². The number of rotatable bonds is 2. The van der Waals surface area contributed by atoms with Crippen molar-refractivity contribution < 1.29 is 0 Å². The predicted octanol–water partition coefficient (Wildman–Crippen LogP) is 1.84. The van der Waals surface area contributed by atoms with Crippen molar-refractivity contribution in [3.63, 3.8) is 0 Å². The van der Waals surface area contributed by atoms with Crippen LogP contribution in [0.2, 0.25) is 0 Å². The molecule has 2 N–H and O–H groups in total. The largest absolute Gasteiger partial charge is 0.367 e. The van der Waals surface area contributed by atoms with Crippen molar-refractivity contribution in [3.8, 4) is 0 Å². The second-order valence-electron chi connectivity index (χ2n) is 3.96. The Balaban J connectivity index is 1.83. The summed E-state index contributed by atoms with van der Waals surface area (Å²) in [6.07, 6.45) is 1.88. The number of aromatic amines is 1. The van der Waals surface area contributed by atoms with Crippen LogP contribution in [0.25, 0.3) is 0 Å². The summed E-state index contributed by atoms with van der Waals surface area (Å²) in [4.78, 5) is 2.34. The number of hydrogen-bond donors (Lipinski definition) is 2. The number of hydrogen-bond acceptors (Lipinski definition) is 3. The van der Waals surface area contributed by atoms with Crippen LogP contribution in [0, 0.1) is 0 Å². The maximum atomic E-state index is 4.07. The molecule has 2 aromatic rings. The third-order valence-corrected chi connectivity index (χ3v) is 2.86. The van der Waals surface area contributed by atoms with Crippen LogP contribution in [0.3, 0.4) is 0 Å². The smallest absolute Gasteiger partial charge is 0.145 e. The molecule has 0 spiro atoms. The van der Waals surface area contributed by atoms with Gasteiger partial charge in [-0.05, 0) is 5.56 Å². The highest BCUT2D eigenvalue weighted by Crippen LogP contribution is 2.27. The third-order valence-electron chi connectivity index (χ3n) is 2.86. The van der Waals surface area contributed by atoms with Gasteiger partial charge in [-0.3, -0.25) is 5.10 Å². The highest BCUT2D eigenvalue weighted by molar-refractivity contribution is 5.67. The molecule has 82 valence electrons. The first-order valence-electron chi connectivity index (χ1n) is 5.49. The SMILES string of the molecule is c1ccc(CN2CCNc3[nH]ncc32)cc1. The Morgan fingerprint density at radius 3 is 3.00 bits per heavy atom. The van der Waals surface area contributed by atoms with E-state index in [0.717, 1.165) is 31.1 Å². The molecule has 4 heteroatoms. The summed E-state index contributed by atoms with van der Waals surface area (Å²) in [5.41, 5.74) is 2.49. The fourth-order valence-corrected chi connectivity index (χ4v) is 2.05. The van der Waals surface area contributed by atoms with Gasteiger partial charge in [-0.1, -0.05) is 30.3 Å². The number of nitrogens with one attached hydrogen (secondary N) is 2. The molecular formula is C12H14N4. The summed E-state index contributed by atoms with van der Waals surface area (Å²) in [6, 6.07) is 10.5. The summed E-state index contributed by atoms with van der Waals surface area (Å²) < 4.78 is 0. The van der Waals surface area contributed by atoms with E-state index in [0.29, 0.717) is 0 Å². The Morgan fingerprint density at radius 1 is 1.25 bits per heavy atom. The van der Waals surface area contributed by atoms with E-state index in [9.17, 15) is 0 Å². The van der Waals surface area contributed by atoms with Gasteiger partial charge in [0, 0.05) is 19.6 Å². The highest BCUT2D eigenvalue weighted by atomic mass is 15.3. The lowest BCUT2D eigenvalue weighted by molar-refractivity contribution is 0.786. The molecule has 1 aromatic heterocycles. The van der Waals surface area contributed by atoms with Crippen molar-refractivity contribution in [3.05, 3.63) is 42.1 Å². The Kier molecular flexibility index (Phi) is 2.25. The molecule has 0 bridgehead atoms. The normalized spacial score (nSPS) is 14.4. The van der Waals surface area contributed by atoms with Gasteiger partial charge in [0.2, 0.25) is 0 Å². The van der Waals surface area contributed by atoms with Gasteiger partial charge in [-0.25, -0.2) is 0 Å². The first kappa shape index (κ1) is 9.27. The van der Waals surface area contributed by atoms with Gasteiger partial charge in [0.15, 0.2) is 0 Å². The number of anilines is 2. The van der Waals surface area contributed by atoms with Crippen LogP contribution >= 0.6 is 0 Å². The second kappa shape index (κ2) is 3.89. The Morgan fingerprint density at radius 2 is 2.12 bits per heavy atom. The molecule has 2 heterocycles. The maximum Gasteiger partial charge on any atom is 0.145 e. The fourth-order valence-electron chi connectivity index (χ4n) is 2.05. The van der Waals surface area contributed by atoms with Crippen molar-refractivity contribution in [2.45, 2.75) is 6.54 Å². The molecule has 0 aliphatic carbocycles. The molecule has 16 heavy (non-hydrogen) atoms. The van der Waals surface area contributed by atoms with Gasteiger partial charge < -0.3 is 10.2 Å². The average Bonchev–Trinajstić information content (AvgIpc) is 2.80. The van der Waals surface area contributed by atoms with Crippen LogP contribution < -0.4 is 10.2 Å². The van der Waals surface area contributed by atoms with Crippen LogP contribution in [0.1, 0.15) is 5.56 Å². The van der Waals surface area contributed by atoms with E-state index in [-0.39, 0.29) is 0 Å². The van der Waals surface area contributed by atoms with E-state index in [4.69, 9.17) is 0 Å². The lowest BCUT2D eigenvalue weighted by atomic mass is 10.2. The Hall–Kier alpha value is -1.97. The van der Waals surface area contributed by atoms with E-state index >= 15 is 0 Å². The lowest BCUT2D eigenvalue weighted by Gasteiger charge is -2.29. The van der Waals surface area contributed by atoms with Gasteiger partial charge >= 0.3 is 0 Å². The average molecular weight is 214 g/mol. The van der Waals surface area contributed by atoms with Gasteiger partial charge in [0.1, 0.15) is 5.82 Å². The molecule has 1 aliphatic rings. The zero-order valence-electron chi connectivity index (χ0n) is 8.98. The molecule has 0 saturated carbocycles. The van der Waals surface area contributed by atoms with E-state index in [1.54, 1.807) is 0 Å². The summed E-state index contributed by atoms with van der Waals surface area (Å²) in [7, 11) is 0. The molecule has 0 fully saturated rings. The van der Waals surface area contributed by atoms with Gasteiger partial charge in [0.25, 0.3) is 0 Å². The number of H-pyrrole nitrogens is 1. The quantitative estimate of drug-likeness (QED) is 0.801. The molecule has 1 aliphatic heterocycles. The van der Waals surface area contributed by atoms with Crippen LogP contribution in [-0.2, 0) is 6.54 Å². The standard InChI is InChI=1S/C12H14N4/c1-2-4-10(5-3-1)9-16-7-6-13-12-11(16)8-14-15-12/h1-5,8H,6-7,9H2,(H2,13,14,15). The van der Waals surface area contributed by atoms with Crippen LogP contribution in [0.15, 0.2) is 36.5 Å². The zero-order valence-corrected chi connectivity index (χ0v) is 8.98. The predicted molar refractivity (Wildman–Crippen MR) is 64.6 cm³/mol. The lowest BCUT2D eigenvalue weighted by Crippen LogP contribution is -2.32. The Bertz CT molecular complexity index is 463. The van der Waals surface area contributed by atoms with Crippen molar-refractivity contribution in [2.24, 2.45) is 0 Å². The summed E-state index contributed by atoms with van der Waals surface area (Å²) in [5, 5.41) is 10.3. The number of fused-ring (bicyclic) bond motifs is 1. The molecule has 0 saturated heterocycles. The highest BCUT2D eigenvalue weighted by Gasteiger charge is 2.17. The number of benzene rings is 1. The monoisotopic (exact) mass is 214 g/mol. The van der Waals surface area contributed by atoms with Gasteiger partial charge in [-0.2, -0.15) is 5.10 Å². The van der Waals surface area contributed by atoms with E-state index in [1.807, 2.05) is 12.3 Å². The molecule has 1 aromatic carbocycles. The van der Waals surface area contributed by atoms with Crippen LogP contribution in [-0.4, -0.2) is 23.3 Å². The second-order valence-corrected chi connectivity index (χ2v) is 3.96. The molecule has 3 rings (SSSR count). The molecular weight excluding hydrogens is 200 g/mol. The fraction of sp³-hybridized carbons (Fsp3) is 0.250. The first-order valence-corrected chi connectivity index (χ1v) is 5.49. The maximum absolute atomic E-state index is 4.07. The minimum atomic E-state index is 0.940. The Labute approximate surface area is 94.3 Å². The van der Waals surface area contributed by atoms with Crippen molar-refractivity contribution in [1.29, 1.82) is 0 Å². The zero-order chi connectivity index (χ0) is 10.8. The van der Waals surface area contributed by atoms with Gasteiger partial charge in [-0.15, -0.1) is 0 Å². The number of aromatic nitrogens is 2. The third kappa shape index (κ3) is 1.62. The van der Waals surface area contributed by atoms with E-state index < -0.39 is 0 Å². The van der Waals surface area contributed by atoms with Crippen molar-refractivity contribution in [2.75, 3.05) is 23.3 Å². The molecule has 0 radical (unpaired) electrons. The summed E-state index contributed by atoms with van der Waals surface area (Å²) in [6.45, 7) is 2.92. The first-order chi connectivity index (χ1) is 7.93. The minimum Gasteiger partial charge on any atom is -0.367 e. The van der Waals surface area contributed by atoms with Gasteiger partial charge in [0.05, 0.1) is 11.9 Å². The van der Waals surface area contributed by atoms with Crippen molar-refractivity contribution >= 4 is 11.5 Å². The summed E-state index contributed by atoms with van der Waals surface area (Å²) >= 11 is 0. The minimum absolute atomic E-state index is 0.940. The summed E-state index contributed by atoms with van der Waals surface area (Å²) in [5.74, 6) is 1.03.